The normalized spacial score (nSPS) is 16.7. The number of guanidine groups is 1. The van der Waals surface area contributed by atoms with Gasteiger partial charge in [-0.3, -0.25) is 4.99 Å². The summed E-state index contributed by atoms with van der Waals surface area (Å²) in [6, 6.07) is 0. The lowest BCUT2D eigenvalue weighted by Crippen LogP contribution is -2.37. The van der Waals surface area contributed by atoms with Gasteiger partial charge in [0, 0.05) is 33.4 Å². The van der Waals surface area contributed by atoms with Crippen LogP contribution in [0.3, 0.4) is 0 Å². The first-order valence-corrected chi connectivity index (χ1v) is 6.27. The van der Waals surface area contributed by atoms with Crippen molar-refractivity contribution in [3.63, 3.8) is 0 Å². The summed E-state index contributed by atoms with van der Waals surface area (Å²) >= 11 is 0. The molecular weight excluding hydrogens is 202 g/mol. The molecule has 1 saturated carbocycles. The topological polar surface area (TPSA) is 45.7 Å². The van der Waals surface area contributed by atoms with E-state index in [1.807, 2.05) is 0 Å². The molecule has 0 saturated heterocycles. The van der Waals surface area contributed by atoms with Crippen LogP contribution in [0.1, 0.15) is 33.1 Å². The van der Waals surface area contributed by atoms with Crippen LogP contribution in [0.15, 0.2) is 4.99 Å². The molecule has 1 aliphatic carbocycles. The molecule has 0 unspecified atom stereocenters. The van der Waals surface area contributed by atoms with E-state index >= 15 is 0 Å². The van der Waals surface area contributed by atoms with Crippen molar-refractivity contribution in [3.8, 4) is 0 Å². The second kappa shape index (κ2) is 6.74. The number of aliphatic imine (C=N–C) groups is 1. The molecule has 0 spiro atoms. The zero-order chi connectivity index (χ0) is 11.9. The summed E-state index contributed by atoms with van der Waals surface area (Å²) in [6.45, 7) is 7.78. The Hall–Kier alpha value is -0.770. The van der Waals surface area contributed by atoms with Crippen LogP contribution in [-0.2, 0) is 4.74 Å². The van der Waals surface area contributed by atoms with Gasteiger partial charge >= 0.3 is 0 Å². The van der Waals surface area contributed by atoms with E-state index in [2.05, 4.69) is 29.5 Å². The molecule has 94 valence electrons. The maximum Gasteiger partial charge on any atom is 0.191 e. The molecule has 1 aliphatic rings. The molecule has 1 fully saturated rings. The highest BCUT2D eigenvalue weighted by molar-refractivity contribution is 5.79. The number of ether oxygens (including phenoxy) is 1. The van der Waals surface area contributed by atoms with E-state index in [1.165, 1.54) is 12.8 Å². The summed E-state index contributed by atoms with van der Waals surface area (Å²) in [6.07, 6.45) is 3.73. The first-order valence-electron chi connectivity index (χ1n) is 6.27. The second-order valence-corrected chi connectivity index (χ2v) is 4.47. The van der Waals surface area contributed by atoms with E-state index in [0.717, 1.165) is 38.6 Å². The fourth-order valence-electron chi connectivity index (χ4n) is 1.74. The van der Waals surface area contributed by atoms with Gasteiger partial charge in [0.1, 0.15) is 0 Å². The van der Waals surface area contributed by atoms with Gasteiger partial charge in [-0.25, -0.2) is 0 Å². The Morgan fingerprint density at radius 2 is 1.88 bits per heavy atom. The Bertz CT molecular complexity index is 216. The van der Waals surface area contributed by atoms with E-state index in [1.54, 1.807) is 7.11 Å². The number of nitrogens with zero attached hydrogens (tertiary/aromatic N) is 1. The van der Waals surface area contributed by atoms with Gasteiger partial charge in [0.2, 0.25) is 0 Å². The van der Waals surface area contributed by atoms with Crippen molar-refractivity contribution in [3.05, 3.63) is 0 Å². The minimum absolute atomic E-state index is 0.437. The van der Waals surface area contributed by atoms with Gasteiger partial charge in [-0.05, 0) is 38.5 Å². The minimum atomic E-state index is 0.437. The molecule has 4 heteroatoms. The molecule has 4 nitrogen and oxygen atoms in total. The SMILES string of the molecule is CCNC(=NCC1(CCOC)CC1)NCC. The van der Waals surface area contributed by atoms with Crippen molar-refractivity contribution >= 4 is 5.96 Å². The Morgan fingerprint density at radius 1 is 1.25 bits per heavy atom. The average Bonchev–Trinajstić information content (AvgIpc) is 3.05. The van der Waals surface area contributed by atoms with Crippen molar-refractivity contribution in [2.24, 2.45) is 10.4 Å². The number of rotatable bonds is 7. The molecule has 0 radical (unpaired) electrons. The van der Waals surface area contributed by atoms with Crippen molar-refractivity contribution in [1.29, 1.82) is 0 Å². The van der Waals surface area contributed by atoms with Crippen LogP contribution >= 0.6 is 0 Å². The lowest BCUT2D eigenvalue weighted by Gasteiger charge is -2.14. The highest BCUT2D eigenvalue weighted by atomic mass is 16.5. The summed E-state index contributed by atoms with van der Waals surface area (Å²) in [5.74, 6) is 0.939. The van der Waals surface area contributed by atoms with Gasteiger partial charge in [-0.2, -0.15) is 0 Å². The first-order chi connectivity index (χ1) is 7.76. The van der Waals surface area contributed by atoms with E-state index in [4.69, 9.17) is 4.74 Å². The Morgan fingerprint density at radius 3 is 2.31 bits per heavy atom. The van der Waals surface area contributed by atoms with Crippen molar-refractivity contribution in [1.82, 2.24) is 10.6 Å². The average molecular weight is 227 g/mol. The third-order valence-corrected chi connectivity index (χ3v) is 3.05. The maximum atomic E-state index is 5.14. The zero-order valence-corrected chi connectivity index (χ0v) is 10.8. The maximum absolute atomic E-state index is 5.14. The fourth-order valence-corrected chi connectivity index (χ4v) is 1.74. The molecule has 0 aliphatic heterocycles. The van der Waals surface area contributed by atoms with Crippen LogP contribution in [0, 0.1) is 5.41 Å². The van der Waals surface area contributed by atoms with E-state index in [-0.39, 0.29) is 0 Å². The minimum Gasteiger partial charge on any atom is -0.385 e. The number of nitrogens with one attached hydrogen (secondary N) is 2. The largest absolute Gasteiger partial charge is 0.385 e. The molecule has 0 amide bonds. The number of hydrogen-bond donors (Lipinski definition) is 2. The van der Waals surface area contributed by atoms with Crippen LogP contribution in [-0.4, -0.2) is 39.3 Å². The molecule has 0 bridgehead atoms. The van der Waals surface area contributed by atoms with Gasteiger partial charge < -0.3 is 15.4 Å². The lowest BCUT2D eigenvalue weighted by molar-refractivity contribution is 0.174. The zero-order valence-electron chi connectivity index (χ0n) is 10.8. The van der Waals surface area contributed by atoms with E-state index in [9.17, 15) is 0 Å². The standard InChI is InChI=1S/C12H25N3O/c1-4-13-11(14-5-2)15-10-12(6-7-12)8-9-16-3/h4-10H2,1-3H3,(H2,13,14,15). The summed E-state index contributed by atoms with van der Waals surface area (Å²) in [4.78, 5) is 4.63. The molecular formula is C12H25N3O. The molecule has 2 N–H and O–H groups in total. The first kappa shape index (κ1) is 13.3. The van der Waals surface area contributed by atoms with Crippen LogP contribution in [0.2, 0.25) is 0 Å². The third kappa shape index (κ3) is 4.39. The molecule has 0 aromatic carbocycles. The lowest BCUT2D eigenvalue weighted by atomic mass is 10.0. The molecule has 1 rings (SSSR count). The number of hydrogen-bond acceptors (Lipinski definition) is 2. The number of methoxy groups -OCH3 is 1. The van der Waals surface area contributed by atoms with Gasteiger partial charge in [0.05, 0.1) is 0 Å². The summed E-state index contributed by atoms with van der Waals surface area (Å²) < 4.78 is 5.14. The molecule has 16 heavy (non-hydrogen) atoms. The van der Waals surface area contributed by atoms with Crippen LogP contribution in [0.25, 0.3) is 0 Å². The monoisotopic (exact) mass is 227 g/mol. The highest BCUT2D eigenvalue weighted by Crippen LogP contribution is 2.48. The Kier molecular flexibility index (Phi) is 5.60. The third-order valence-electron chi connectivity index (χ3n) is 3.05. The van der Waals surface area contributed by atoms with Crippen molar-refractivity contribution in [2.45, 2.75) is 33.1 Å². The molecule has 0 heterocycles. The van der Waals surface area contributed by atoms with Crippen LogP contribution in [0.4, 0.5) is 0 Å². The molecule has 0 atom stereocenters. The Labute approximate surface area is 98.9 Å². The van der Waals surface area contributed by atoms with Gasteiger partial charge in [0.25, 0.3) is 0 Å². The summed E-state index contributed by atoms with van der Waals surface area (Å²) in [5, 5.41) is 6.50. The predicted molar refractivity (Wildman–Crippen MR) is 67.8 cm³/mol. The van der Waals surface area contributed by atoms with Gasteiger partial charge in [0.15, 0.2) is 5.96 Å². The van der Waals surface area contributed by atoms with Crippen molar-refractivity contribution in [2.75, 3.05) is 33.4 Å². The summed E-state index contributed by atoms with van der Waals surface area (Å²) in [5.41, 5.74) is 0.437. The second-order valence-electron chi connectivity index (χ2n) is 4.47. The Balaban J connectivity index is 2.36. The van der Waals surface area contributed by atoms with E-state index < -0.39 is 0 Å². The van der Waals surface area contributed by atoms with Gasteiger partial charge in [-0.15, -0.1) is 0 Å². The highest BCUT2D eigenvalue weighted by Gasteiger charge is 2.41. The van der Waals surface area contributed by atoms with Gasteiger partial charge in [-0.1, -0.05) is 0 Å². The predicted octanol–water partition coefficient (Wildman–Crippen LogP) is 1.38. The fraction of sp³-hybridized carbons (Fsp3) is 0.917. The van der Waals surface area contributed by atoms with E-state index in [0.29, 0.717) is 5.41 Å². The smallest absolute Gasteiger partial charge is 0.191 e. The molecule has 0 aromatic heterocycles. The van der Waals surface area contributed by atoms with Crippen LogP contribution in [0.5, 0.6) is 0 Å². The van der Waals surface area contributed by atoms with Crippen LogP contribution < -0.4 is 10.6 Å². The van der Waals surface area contributed by atoms with Crippen molar-refractivity contribution < 1.29 is 4.74 Å². The quantitative estimate of drug-likeness (QED) is 0.510. The molecule has 0 aromatic rings. The summed E-state index contributed by atoms with van der Waals surface area (Å²) in [7, 11) is 1.77.